The highest BCUT2D eigenvalue weighted by Crippen LogP contribution is 2.24. The number of aromatic nitrogens is 2. The van der Waals surface area contributed by atoms with E-state index in [1.54, 1.807) is 12.1 Å². The van der Waals surface area contributed by atoms with Crippen molar-refractivity contribution in [3.05, 3.63) is 83.4 Å². The van der Waals surface area contributed by atoms with Crippen molar-refractivity contribution < 1.29 is 14.3 Å². The maximum atomic E-state index is 12.7. The van der Waals surface area contributed by atoms with Crippen molar-refractivity contribution in [2.45, 2.75) is 19.1 Å². The van der Waals surface area contributed by atoms with Crippen molar-refractivity contribution in [2.75, 3.05) is 6.61 Å². The molecule has 0 radical (unpaired) electrons. The lowest BCUT2D eigenvalue weighted by atomic mass is 10.1. The zero-order valence-corrected chi connectivity index (χ0v) is 15.2. The first-order chi connectivity index (χ1) is 13.7. The lowest BCUT2D eigenvalue weighted by Gasteiger charge is -2.15. The van der Waals surface area contributed by atoms with E-state index in [1.807, 2.05) is 42.5 Å². The second kappa shape index (κ2) is 7.70. The Bertz CT molecular complexity index is 1190. The van der Waals surface area contributed by atoms with E-state index in [-0.39, 0.29) is 24.3 Å². The van der Waals surface area contributed by atoms with Gasteiger partial charge in [0, 0.05) is 5.39 Å². The summed E-state index contributed by atoms with van der Waals surface area (Å²) in [5.74, 6) is 0.694. The molecule has 1 N–H and O–H groups in total. The first-order valence-electron chi connectivity index (χ1n) is 9.03. The maximum absolute atomic E-state index is 12.7. The predicted octanol–water partition coefficient (Wildman–Crippen LogP) is 3.31. The normalized spacial score (nSPS) is 12.3. The van der Waals surface area contributed by atoms with Crippen LogP contribution in [0, 0.1) is 0 Å². The van der Waals surface area contributed by atoms with E-state index in [9.17, 15) is 9.90 Å². The highest BCUT2D eigenvalue weighted by molar-refractivity contribution is 6.01. The molecule has 0 aliphatic rings. The molecule has 0 fully saturated rings. The number of allylic oxidation sites excluding steroid dienone is 1. The van der Waals surface area contributed by atoms with E-state index in [1.165, 1.54) is 10.9 Å². The standard InChI is InChI=1S/C22H20N2O4/c1-2-7-15-8-3-5-10-18(15)27-13-16(25)12-24-14-23-20-17-9-4-6-11-19(17)28-21(20)22(24)26/h2-6,8-11,14,16,25H,1,7,12-13H2. The van der Waals surface area contributed by atoms with E-state index >= 15 is 0 Å². The van der Waals surface area contributed by atoms with Crippen molar-refractivity contribution >= 4 is 22.1 Å². The molecule has 2 aromatic heterocycles. The summed E-state index contributed by atoms with van der Waals surface area (Å²) in [6.45, 7) is 3.85. The van der Waals surface area contributed by atoms with Crippen molar-refractivity contribution in [2.24, 2.45) is 0 Å². The third-order valence-electron chi connectivity index (χ3n) is 4.53. The highest BCUT2D eigenvalue weighted by atomic mass is 16.5. The van der Waals surface area contributed by atoms with Crippen LogP contribution < -0.4 is 10.3 Å². The van der Waals surface area contributed by atoms with Crippen molar-refractivity contribution in [3.8, 4) is 5.75 Å². The van der Waals surface area contributed by atoms with Gasteiger partial charge in [-0.05, 0) is 30.2 Å². The average Bonchev–Trinajstić information content (AvgIpc) is 3.09. The molecule has 1 unspecified atom stereocenters. The summed E-state index contributed by atoms with van der Waals surface area (Å²) in [6.07, 6.45) is 3.03. The van der Waals surface area contributed by atoms with Crippen LogP contribution in [0.15, 0.2) is 76.7 Å². The number of fused-ring (bicyclic) bond motifs is 3. The van der Waals surface area contributed by atoms with Gasteiger partial charge in [-0.15, -0.1) is 6.58 Å². The minimum absolute atomic E-state index is 0.0543. The number of aliphatic hydroxyl groups is 1. The lowest BCUT2D eigenvalue weighted by Crippen LogP contribution is -2.30. The highest BCUT2D eigenvalue weighted by Gasteiger charge is 2.15. The molecule has 4 aromatic rings. The quantitative estimate of drug-likeness (QED) is 0.501. The number of benzene rings is 2. The van der Waals surface area contributed by atoms with Crippen LogP contribution in [0.5, 0.6) is 5.75 Å². The zero-order valence-electron chi connectivity index (χ0n) is 15.2. The summed E-state index contributed by atoms with van der Waals surface area (Å²) >= 11 is 0. The predicted molar refractivity (Wildman–Crippen MR) is 108 cm³/mol. The molecule has 6 heteroatoms. The van der Waals surface area contributed by atoms with Gasteiger partial charge >= 0.3 is 0 Å². The van der Waals surface area contributed by atoms with Gasteiger partial charge in [0.05, 0.1) is 12.9 Å². The molecule has 0 aliphatic carbocycles. The molecule has 0 aliphatic heterocycles. The molecule has 0 bridgehead atoms. The molecule has 4 rings (SSSR count). The molecule has 0 amide bonds. The fourth-order valence-electron chi connectivity index (χ4n) is 3.18. The first-order valence-corrected chi connectivity index (χ1v) is 9.03. The van der Waals surface area contributed by atoms with Crippen LogP contribution in [0.4, 0.5) is 0 Å². The molecule has 1 atom stereocenters. The number of para-hydroxylation sites is 2. The lowest BCUT2D eigenvalue weighted by molar-refractivity contribution is 0.0910. The summed E-state index contributed by atoms with van der Waals surface area (Å²) in [5.41, 5.74) is 2.00. The Morgan fingerprint density at radius 2 is 2.00 bits per heavy atom. The van der Waals surface area contributed by atoms with Crippen LogP contribution in [0.1, 0.15) is 5.56 Å². The van der Waals surface area contributed by atoms with E-state index in [0.29, 0.717) is 23.3 Å². The molecule has 0 saturated heterocycles. The maximum Gasteiger partial charge on any atom is 0.297 e. The number of hydrogen-bond donors (Lipinski definition) is 1. The van der Waals surface area contributed by atoms with Crippen molar-refractivity contribution in [1.82, 2.24) is 9.55 Å². The van der Waals surface area contributed by atoms with Gasteiger partial charge in [-0.2, -0.15) is 0 Å². The molecule has 2 heterocycles. The first kappa shape index (κ1) is 18.0. The number of ether oxygens (including phenoxy) is 1. The van der Waals surface area contributed by atoms with Crippen molar-refractivity contribution in [3.63, 3.8) is 0 Å². The number of aliphatic hydroxyl groups excluding tert-OH is 1. The summed E-state index contributed by atoms with van der Waals surface area (Å²) in [4.78, 5) is 17.1. The molecule has 2 aromatic carbocycles. The van der Waals surface area contributed by atoms with E-state index < -0.39 is 6.10 Å². The zero-order chi connectivity index (χ0) is 19.5. The summed E-state index contributed by atoms with van der Waals surface area (Å²) < 4.78 is 12.7. The van der Waals surface area contributed by atoms with Gasteiger partial charge in [0.15, 0.2) is 0 Å². The van der Waals surface area contributed by atoms with Crippen LogP contribution in [0.2, 0.25) is 0 Å². The molecule has 0 spiro atoms. The fourth-order valence-corrected chi connectivity index (χ4v) is 3.18. The third-order valence-corrected chi connectivity index (χ3v) is 4.53. The topological polar surface area (TPSA) is 77.5 Å². The summed E-state index contributed by atoms with van der Waals surface area (Å²) in [7, 11) is 0. The smallest absolute Gasteiger partial charge is 0.297 e. The Kier molecular flexibility index (Phi) is 4.95. The van der Waals surface area contributed by atoms with Gasteiger partial charge in [-0.1, -0.05) is 36.4 Å². The largest absolute Gasteiger partial charge is 0.491 e. The van der Waals surface area contributed by atoms with Crippen LogP contribution >= 0.6 is 0 Å². The van der Waals surface area contributed by atoms with Crippen molar-refractivity contribution in [1.29, 1.82) is 0 Å². The van der Waals surface area contributed by atoms with Gasteiger partial charge in [-0.25, -0.2) is 4.98 Å². The molecule has 0 saturated carbocycles. The van der Waals surface area contributed by atoms with E-state index in [4.69, 9.17) is 9.15 Å². The van der Waals surface area contributed by atoms with Crippen LogP contribution in [0.25, 0.3) is 22.1 Å². The minimum atomic E-state index is -0.877. The summed E-state index contributed by atoms with van der Waals surface area (Å²) in [6, 6.07) is 15.0. The van der Waals surface area contributed by atoms with Crippen LogP contribution in [0.3, 0.4) is 0 Å². The molecule has 28 heavy (non-hydrogen) atoms. The Morgan fingerprint density at radius 1 is 1.21 bits per heavy atom. The second-order valence-corrected chi connectivity index (χ2v) is 6.54. The molecular formula is C22H20N2O4. The monoisotopic (exact) mass is 376 g/mol. The summed E-state index contributed by atoms with van der Waals surface area (Å²) in [5, 5.41) is 11.2. The number of rotatable bonds is 7. The minimum Gasteiger partial charge on any atom is -0.491 e. The molecule has 6 nitrogen and oxygen atoms in total. The Hall–Kier alpha value is -3.38. The van der Waals surface area contributed by atoms with E-state index in [0.717, 1.165) is 10.9 Å². The Morgan fingerprint density at radius 3 is 2.86 bits per heavy atom. The molecule has 142 valence electrons. The Labute approximate surface area is 161 Å². The Balaban J connectivity index is 1.52. The van der Waals surface area contributed by atoms with E-state index in [2.05, 4.69) is 11.6 Å². The SMILES string of the molecule is C=CCc1ccccc1OCC(O)Cn1cnc2c(oc3ccccc32)c1=O. The fraction of sp³-hybridized carbons (Fsp3) is 0.182. The van der Waals surface area contributed by atoms with Gasteiger partial charge in [0.1, 0.15) is 29.6 Å². The average molecular weight is 376 g/mol. The third kappa shape index (κ3) is 3.42. The van der Waals surface area contributed by atoms with Gasteiger partial charge in [0.25, 0.3) is 5.56 Å². The second-order valence-electron chi connectivity index (χ2n) is 6.54. The number of nitrogens with zero attached hydrogens (tertiary/aromatic N) is 2. The van der Waals surface area contributed by atoms with Crippen LogP contribution in [-0.2, 0) is 13.0 Å². The molecular weight excluding hydrogens is 356 g/mol. The van der Waals surface area contributed by atoms with Crippen LogP contribution in [-0.4, -0.2) is 27.4 Å². The van der Waals surface area contributed by atoms with Gasteiger partial charge in [-0.3, -0.25) is 9.36 Å². The number of hydrogen-bond acceptors (Lipinski definition) is 5. The van der Waals surface area contributed by atoms with Gasteiger partial charge in [0.2, 0.25) is 5.58 Å². The number of furan rings is 1. The van der Waals surface area contributed by atoms with Gasteiger partial charge < -0.3 is 14.3 Å².